The SMILES string of the molecule is CN1C(=O)CCC1CN1CCC(c2nnc3ccc(C4CC4)nn23)CC1. The molecule has 138 valence electrons. The Labute approximate surface area is 153 Å². The molecule has 3 aliphatic rings. The fourth-order valence-electron chi connectivity index (χ4n) is 4.42. The monoisotopic (exact) mass is 354 g/mol. The molecule has 5 rings (SSSR count). The number of aromatic nitrogens is 4. The second-order valence-corrected chi connectivity index (χ2v) is 8.13. The third-order valence-electron chi connectivity index (χ3n) is 6.36. The Hall–Kier alpha value is -2.02. The predicted octanol–water partition coefficient (Wildman–Crippen LogP) is 1.80. The van der Waals surface area contributed by atoms with Gasteiger partial charge in [-0.1, -0.05) is 0 Å². The number of hydrogen-bond donors (Lipinski definition) is 0. The molecule has 0 spiro atoms. The molecule has 1 saturated carbocycles. The lowest BCUT2D eigenvalue weighted by molar-refractivity contribution is -0.127. The van der Waals surface area contributed by atoms with E-state index in [9.17, 15) is 4.79 Å². The molecular weight excluding hydrogens is 328 g/mol. The lowest BCUT2D eigenvalue weighted by Crippen LogP contribution is -2.43. The molecule has 26 heavy (non-hydrogen) atoms. The number of likely N-dealkylation sites (N-methyl/N-ethyl adjacent to an activating group) is 1. The molecule has 2 aliphatic heterocycles. The summed E-state index contributed by atoms with van der Waals surface area (Å²) < 4.78 is 1.98. The zero-order chi connectivity index (χ0) is 17.7. The highest BCUT2D eigenvalue weighted by molar-refractivity contribution is 5.78. The van der Waals surface area contributed by atoms with E-state index in [0.717, 1.165) is 50.4 Å². The van der Waals surface area contributed by atoms with E-state index in [2.05, 4.69) is 27.2 Å². The van der Waals surface area contributed by atoms with Gasteiger partial charge in [-0.3, -0.25) is 4.79 Å². The van der Waals surface area contributed by atoms with Crippen molar-refractivity contribution < 1.29 is 4.79 Å². The van der Waals surface area contributed by atoms with Gasteiger partial charge >= 0.3 is 0 Å². The van der Waals surface area contributed by atoms with Gasteiger partial charge in [-0.15, -0.1) is 10.2 Å². The first-order valence-electron chi connectivity index (χ1n) is 9.89. The Kier molecular flexibility index (Phi) is 3.92. The summed E-state index contributed by atoms with van der Waals surface area (Å²) in [4.78, 5) is 16.2. The summed E-state index contributed by atoms with van der Waals surface area (Å²) >= 11 is 0. The quantitative estimate of drug-likeness (QED) is 0.838. The number of fused-ring (bicyclic) bond motifs is 1. The molecule has 1 aliphatic carbocycles. The summed E-state index contributed by atoms with van der Waals surface area (Å²) in [5.41, 5.74) is 2.04. The second kappa shape index (κ2) is 6.30. The van der Waals surface area contributed by atoms with Crippen molar-refractivity contribution in [2.75, 3.05) is 26.7 Å². The fourth-order valence-corrected chi connectivity index (χ4v) is 4.42. The van der Waals surface area contributed by atoms with Crippen molar-refractivity contribution in [1.82, 2.24) is 29.6 Å². The number of likely N-dealkylation sites (tertiary alicyclic amines) is 2. The number of piperidine rings is 1. The van der Waals surface area contributed by atoms with Gasteiger partial charge in [-0.2, -0.15) is 9.61 Å². The van der Waals surface area contributed by atoms with Crippen LogP contribution >= 0.6 is 0 Å². The fraction of sp³-hybridized carbons (Fsp3) is 0.684. The third kappa shape index (κ3) is 2.88. The van der Waals surface area contributed by atoms with Crippen molar-refractivity contribution in [1.29, 1.82) is 0 Å². The first-order chi connectivity index (χ1) is 12.7. The van der Waals surface area contributed by atoms with E-state index < -0.39 is 0 Å². The van der Waals surface area contributed by atoms with Crippen molar-refractivity contribution in [3.8, 4) is 0 Å². The van der Waals surface area contributed by atoms with E-state index in [0.29, 0.717) is 24.3 Å². The zero-order valence-electron chi connectivity index (χ0n) is 15.3. The number of carbonyl (C=O) groups excluding carboxylic acids is 1. The highest BCUT2D eigenvalue weighted by Gasteiger charge is 2.32. The average molecular weight is 354 g/mol. The second-order valence-electron chi connectivity index (χ2n) is 8.13. The molecule has 2 aromatic heterocycles. The van der Waals surface area contributed by atoms with Crippen LogP contribution in [-0.2, 0) is 4.79 Å². The van der Waals surface area contributed by atoms with Crippen LogP contribution < -0.4 is 0 Å². The van der Waals surface area contributed by atoms with E-state index >= 15 is 0 Å². The molecule has 2 aromatic rings. The van der Waals surface area contributed by atoms with Crippen molar-refractivity contribution >= 4 is 11.6 Å². The first-order valence-corrected chi connectivity index (χ1v) is 9.89. The van der Waals surface area contributed by atoms with Gasteiger partial charge in [0, 0.05) is 37.9 Å². The zero-order valence-corrected chi connectivity index (χ0v) is 15.3. The summed E-state index contributed by atoms with van der Waals surface area (Å²) in [6.07, 6.45) is 6.39. The van der Waals surface area contributed by atoms with Gasteiger partial charge in [-0.25, -0.2) is 0 Å². The minimum atomic E-state index is 0.289. The normalized spacial score (nSPS) is 25.5. The minimum absolute atomic E-state index is 0.289. The topological polar surface area (TPSA) is 66.6 Å². The Balaban J connectivity index is 1.26. The number of amides is 1. The number of carbonyl (C=O) groups is 1. The van der Waals surface area contributed by atoms with E-state index in [1.165, 1.54) is 18.5 Å². The standard InChI is InChI=1S/C19H26N6O/c1-23-15(4-7-18(23)26)12-24-10-8-14(9-11-24)19-21-20-17-6-5-16(13-2-3-13)22-25(17)19/h5-6,13-15H,2-4,7-12H2,1H3. The van der Waals surface area contributed by atoms with Crippen LogP contribution in [0.3, 0.4) is 0 Å². The minimum Gasteiger partial charge on any atom is -0.341 e. The van der Waals surface area contributed by atoms with Crippen LogP contribution in [0.1, 0.15) is 61.9 Å². The Morgan fingerprint density at radius 1 is 1.04 bits per heavy atom. The van der Waals surface area contributed by atoms with Crippen LogP contribution in [0.15, 0.2) is 12.1 Å². The molecule has 7 heteroatoms. The molecule has 0 bridgehead atoms. The molecule has 0 radical (unpaired) electrons. The van der Waals surface area contributed by atoms with Crippen molar-refractivity contribution in [3.05, 3.63) is 23.7 Å². The smallest absolute Gasteiger partial charge is 0.222 e. The van der Waals surface area contributed by atoms with Crippen molar-refractivity contribution in [3.63, 3.8) is 0 Å². The summed E-state index contributed by atoms with van der Waals surface area (Å²) in [6, 6.07) is 4.54. The van der Waals surface area contributed by atoms with Crippen LogP contribution in [0.25, 0.3) is 5.65 Å². The van der Waals surface area contributed by atoms with Crippen molar-refractivity contribution in [2.45, 2.75) is 56.4 Å². The molecule has 4 heterocycles. The molecule has 3 fully saturated rings. The first kappa shape index (κ1) is 16.2. The van der Waals surface area contributed by atoms with Crippen LogP contribution in [-0.4, -0.2) is 68.2 Å². The summed E-state index contributed by atoms with van der Waals surface area (Å²) in [5, 5.41) is 13.6. The van der Waals surface area contributed by atoms with E-state index in [1.807, 2.05) is 16.5 Å². The Bertz CT molecular complexity index is 821. The molecule has 7 nitrogen and oxygen atoms in total. The highest BCUT2D eigenvalue weighted by atomic mass is 16.2. The molecule has 1 amide bonds. The van der Waals surface area contributed by atoms with Crippen LogP contribution in [0.2, 0.25) is 0 Å². The van der Waals surface area contributed by atoms with Gasteiger partial charge in [0.1, 0.15) is 0 Å². The maximum Gasteiger partial charge on any atom is 0.222 e. The van der Waals surface area contributed by atoms with Gasteiger partial charge in [0.05, 0.1) is 5.69 Å². The van der Waals surface area contributed by atoms with Crippen LogP contribution in [0.4, 0.5) is 0 Å². The summed E-state index contributed by atoms with van der Waals surface area (Å²) in [7, 11) is 1.94. The Morgan fingerprint density at radius 3 is 2.54 bits per heavy atom. The van der Waals surface area contributed by atoms with Gasteiger partial charge in [0.15, 0.2) is 11.5 Å². The maximum atomic E-state index is 11.7. The van der Waals surface area contributed by atoms with Crippen molar-refractivity contribution in [2.24, 2.45) is 0 Å². The van der Waals surface area contributed by atoms with E-state index in [1.54, 1.807) is 0 Å². The number of hydrogen-bond acceptors (Lipinski definition) is 5. The lowest BCUT2D eigenvalue weighted by atomic mass is 9.95. The van der Waals surface area contributed by atoms with Gasteiger partial charge < -0.3 is 9.80 Å². The lowest BCUT2D eigenvalue weighted by Gasteiger charge is -2.34. The van der Waals surface area contributed by atoms with Crippen LogP contribution in [0, 0.1) is 0 Å². The highest BCUT2D eigenvalue weighted by Crippen LogP contribution is 2.39. The van der Waals surface area contributed by atoms with Gasteiger partial charge in [-0.05, 0) is 57.3 Å². The number of rotatable bonds is 4. The maximum absolute atomic E-state index is 11.7. The third-order valence-corrected chi connectivity index (χ3v) is 6.36. The average Bonchev–Trinajstić information content (AvgIpc) is 3.37. The van der Waals surface area contributed by atoms with E-state index in [-0.39, 0.29) is 5.91 Å². The largest absolute Gasteiger partial charge is 0.341 e. The predicted molar refractivity (Wildman–Crippen MR) is 97.0 cm³/mol. The van der Waals surface area contributed by atoms with Gasteiger partial charge in [0.25, 0.3) is 0 Å². The number of nitrogens with zero attached hydrogens (tertiary/aromatic N) is 6. The molecule has 2 saturated heterocycles. The van der Waals surface area contributed by atoms with Gasteiger partial charge in [0.2, 0.25) is 5.91 Å². The molecule has 1 atom stereocenters. The summed E-state index contributed by atoms with van der Waals surface area (Å²) in [6.45, 7) is 3.11. The summed E-state index contributed by atoms with van der Waals surface area (Å²) in [5.74, 6) is 2.38. The molecule has 1 unspecified atom stereocenters. The molecular formula is C19H26N6O. The Morgan fingerprint density at radius 2 is 1.85 bits per heavy atom. The molecule has 0 aromatic carbocycles. The molecule has 0 N–H and O–H groups in total. The van der Waals surface area contributed by atoms with Crippen LogP contribution in [0.5, 0.6) is 0 Å². The van der Waals surface area contributed by atoms with E-state index in [4.69, 9.17) is 5.10 Å².